The quantitative estimate of drug-likeness (QED) is 0.745. The van der Waals surface area contributed by atoms with E-state index in [1.165, 1.54) is 11.0 Å². The number of rotatable bonds is 4. The van der Waals surface area contributed by atoms with E-state index < -0.39 is 12.0 Å². The van der Waals surface area contributed by atoms with Crippen LogP contribution < -0.4 is 5.32 Å². The predicted octanol–water partition coefficient (Wildman–Crippen LogP) is 3.95. The Hall–Kier alpha value is -1.34. The molecule has 0 bridgehead atoms. The monoisotopic (exact) mass is 404 g/mol. The van der Waals surface area contributed by atoms with Gasteiger partial charge in [-0.15, -0.1) is 0 Å². The lowest BCUT2D eigenvalue weighted by molar-refractivity contribution is 0.0698. The lowest BCUT2D eigenvalue weighted by Crippen LogP contribution is -2.33. The number of nitrogens with zero attached hydrogens (tertiary/aromatic N) is 1. The number of aromatic carboxylic acids is 1. The zero-order valence-corrected chi connectivity index (χ0v) is 14.2. The number of carboxylic acids is 1. The number of hydrogen-bond donors (Lipinski definition) is 2. The Morgan fingerprint density at radius 1 is 1.40 bits per heavy atom. The highest BCUT2D eigenvalue weighted by atomic mass is 79.9. The summed E-state index contributed by atoms with van der Waals surface area (Å²) in [5, 5.41) is 11.8. The Balaban J connectivity index is 3.05. The third-order valence-electron chi connectivity index (χ3n) is 2.37. The van der Waals surface area contributed by atoms with Gasteiger partial charge in [0.1, 0.15) is 0 Å². The van der Waals surface area contributed by atoms with Crippen LogP contribution in [0.5, 0.6) is 0 Å². The van der Waals surface area contributed by atoms with Gasteiger partial charge in [-0.1, -0.05) is 28.1 Å². The van der Waals surface area contributed by atoms with Gasteiger partial charge in [0.25, 0.3) is 0 Å². The summed E-state index contributed by atoms with van der Waals surface area (Å²) in [6.07, 6.45) is 0. The summed E-state index contributed by atoms with van der Waals surface area (Å²) in [5.74, 6) is -1.12. The smallest absolute Gasteiger partial charge is 0.337 e. The highest BCUT2D eigenvalue weighted by Gasteiger charge is 2.18. The van der Waals surface area contributed by atoms with Gasteiger partial charge in [-0.25, -0.2) is 9.59 Å². The first-order chi connectivity index (χ1) is 9.22. The zero-order chi connectivity index (χ0) is 15.4. The van der Waals surface area contributed by atoms with Crippen molar-refractivity contribution < 1.29 is 14.7 Å². The Morgan fingerprint density at radius 2 is 2.00 bits per heavy atom. The molecule has 0 aliphatic heterocycles. The third kappa shape index (κ3) is 4.35. The van der Waals surface area contributed by atoms with Crippen molar-refractivity contribution in [2.45, 2.75) is 6.92 Å². The normalized spacial score (nSPS) is 10.0. The van der Waals surface area contributed by atoms with E-state index >= 15 is 0 Å². The molecule has 0 fully saturated rings. The maximum absolute atomic E-state index is 12.0. The lowest BCUT2D eigenvalue weighted by atomic mass is 10.2. The molecule has 0 aliphatic carbocycles. The van der Waals surface area contributed by atoms with Crippen LogP contribution in [0.2, 0.25) is 0 Å². The minimum atomic E-state index is -1.12. The van der Waals surface area contributed by atoms with Crippen LogP contribution >= 0.6 is 31.9 Å². The number of amides is 2. The van der Waals surface area contributed by atoms with E-state index in [0.717, 1.165) is 5.57 Å². The van der Waals surface area contributed by atoms with E-state index in [0.29, 0.717) is 15.5 Å². The molecule has 5 nitrogen and oxygen atoms in total. The largest absolute Gasteiger partial charge is 0.478 e. The number of carbonyl (C=O) groups excluding carboxylic acids is 1. The Bertz CT molecular complexity index is 573. The van der Waals surface area contributed by atoms with Crippen molar-refractivity contribution >= 4 is 49.5 Å². The van der Waals surface area contributed by atoms with Crippen molar-refractivity contribution in [3.63, 3.8) is 0 Å². The molecule has 2 amide bonds. The number of carbonyl (C=O) groups is 2. The van der Waals surface area contributed by atoms with Gasteiger partial charge in [-0.3, -0.25) is 0 Å². The van der Waals surface area contributed by atoms with Gasteiger partial charge in [-0.2, -0.15) is 0 Å². The number of hydrogen-bond acceptors (Lipinski definition) is 2. The van der Waals surface area contributed by atoms with Crippen LogP contribution in [0.25, 0.3) is 0 Å². The van der Waals surface area contributed by atoms with Crippen LogP contribution in [0.3, 0.4) is 0 Å². The maximum atomic E-state index is 12.0. The van der Waals surface area contributed by atoms with Gasteiger partial charge in [-0.05, 0) is 35.0 Å². The molecule has 1 aromatic rings. The molecule has 20 heavy (non-hydrogen) atoms. The fraction of sp³-hybridized carbons (Fsp3) is 0.231. The zero-order valence-electron chi connectivity index (χ0n) is 11.0. The summed E-state index contributed by atoms with van der Waals surface area (Å²) in [6, 6.07) is 2.70. The molecule has 0 saturated heterocycles. The van der Waals surface area contributed by atoms with E-state index in [1.54, 1.807) is 13.1 Å². The highest BCUT2D eigenvalue weighted by Crippen LogP contribution is 2.31. The van der Waals surface area contributed by atoms with Gasteiger partial charge in [0.15, 0.2) is 0 Å². The number of nitrogens with one attached hydrogen (secondary N) is 1. The minimum absolute atomic E-state index is 0.00308. The van der Waals surface area contributed by atoms with Crippen molar-refractivity contribution in [1.29, 1.82) is 0 Å². The molecule has 0 saturated carbocycles. The molecule has 7 heteroatoms. The summed E-state index contributed by atoms with van der Waals surface area (Å²) in [7, 11) is 1.61. The molecular formula is C13H14Br2N2O3. The summed E-state index contributed by atoms with van der Waals surface area (Å²) in [4.78, 5) is 24.7. The standard InChI is InChI=1S/C13H14Br2N2O3/c1-7(2)6-17(3)13(20)16-11-9(12(18)19)4-8(14)5-10(11)15/h4-5H,1,6H2,2-3H3,(H,16,20)(H,18,19). The van der Waals surface area contributed by atoms with Gasteiger partial charge >= 0.3 is 12.0 Å². The van der Waals surface area contributed by atoms with E-state index in [2.05, 4.69) is 43.8 Å². The maximum Gasteiger partial charge on any atom is 0.337 e. The average Bonchev–Trinajstić information content (AvgIpc) is 2.30. The SMILES string of the molecule is C=C(C)CN(C)C(=O)Nc1c(Br)cc(Br)cc1C(=O)O. The molecule has 0 heterocycles. The third-order valence-corrected chi connectivity index (χ3v) is 3.45. The van der Waals surface area contributed by atoms with Crippen LogP contribution in [0, 0.1) is 0 Å². The second-order valence-electron chi connectivity index (χ2n) is 4.36. The lowest BCUT2D eigenvalue weighted by Gasteiger charge is -2.19. The van der Waals surface area contributed by atoms with Crippen LogP contribution in [0.1, 0.15) is 17.3 Å². The molecule has 0 aromatic heterocycles. The van der Waals surface area contributed by atoms with E-state index in [-0.39, 0.29) is 11.3 Å². The Labute approximate surface area is 133 Å². The summed E-state index contributed by atoms with van der Waals surface area (Å²) in [6.45, 7) is 5.93. The molecule has 0 unspecified atom stereocenters. The van der Waals surface area contributed by atoms with E-state index in [1.807, 2.05) is 6.92 Å². The summed E-state index contributed by atoms with van der Waals surface area (Å²) < 4.78 is 1.09. The number of anilines is 1. The minimum Gasteiger partial charge on any atom is -0.478 e. The first-order valence-corrected chi connectivity index (χ1v) is 7.19. The molecule has 108 valence electrons. The Morgan fingerprint density at radius 3 is 2.50 bits per heavy atom. The van der Waals surface area contributed by atoms with Crippen molar-refractivity contribution in [2.24, 2.45) is 0 Å². The van der Waals surface area contributed by atoms with Gasteiger partial charge in [0, 0.05) is 22.5 Å². The highest BCUT2D eigenvalue weighted by molar-refractivity contribution is 9.11. The molecule has 0 radical (unpaired) electrons. The predicted molar refractivity (Wildman–Crippen MR) is 85.3 cm³/mol. The molecule has 1 aromatic carbocycles. The fourth-order valence-corrected chi connectivity index (χ4v) is 2.87. The van der Waals surface area contributed by atoms with Crippen LogP contribution in [-0.4, -0.2) is 35.6 Å². The number of carboxylic acid groups (broad SMARTS) is 1. The number of halogens is 2. The van der Waals surface area contributed by atoms with Crippen molar-refractivity contribution in [2.75, 3.05) is 18.9 Å². The molecule has 0 spiro atoms. The van der Waals surface area contributed by atoms with E-state index in [4.69, 9.17) is 0 Å². The second kappa shape index (κ2) is 6.90. The van der Waals surface area contributed by atoms with Crippen LogP contribution in [0.15, 0.2) is 33.2 Å². The number of urea groups is 1. The van der Waals surface area contributed by atoms with Crippen LogP contribution in [-0.2, 0) is 0 Å². The number of likely N-dealkylation sites (N-methyl/N-ethyl adjacent to an activating group) is 1. The molecular weight excluding hydrogens is 392 g/mol. The van der Waals surface area contributed by atoms with Gasteiger partial charge in [0.05, 0.1) is 11.3 Å². The summed E-state index contributed by atoms with van der Waals surface area (Å²) in [5.41, 5.74) is 1.05. The summed E-state index contributed by atoms with van der Waals surface area (Å²) >= 11 is 6.47. The van der Waals surface area contributed by atoms with Crippen molar-refractivity contribution in [3.05, 3.63) is 38.8 Å². The average molecular weight is 406 g/mol. The molecule has 2 N–H and O–H groups in total. The van der Waals surface area contributed by atoms with Gasteiger partial charge in [0.2, 0.25) is 0 Å². The Kier molecular flexibility index (Phi) is 5.76. The number of benzene rings is 1. The molecule has 1 rings (SSSR count). The van der Waals surface area contributed by atoms with Gasteiger partial charge < -0.3 is 15.3 Å². The first-order valence-electron chi connectivity index (χ1n) is 5.61. The van der Waals surface area contributed by atoms with Crippen molar-refractivity contribution in [1.82, 2.24) is 4.90 Å². The second-order valence-corrected chi connectivity index (χ2v) is 6.13. The first kappa shape index (κ1) is 16.7. The topological polar surface area (TPSA) is 69.6 Å². The molecule has 0 aliphatic rings. The van der Waals surface area contributed by atoms with Crippen molar-refractivity contribution in [3.8, 4) is 0 Å². The van der Waals surface area contributed by atoms with E-state index in [9.17, 15) is 14.7 Å². The molecule has 0 atom stereocenters. The fourth-order valence-electron chi connectivity index (χ4n) is 1.55. The van der Waals surface area contributed by atoms with Crippen LogP contribution in [0.4, 0.5) is 10.5 Å².